The molecule has 0 radical (unpaired) electrons. The number of hydrogen-bond donors (Lipinski definition) is 0. The van der Waals surface area contributed by atoms with Crippen molar-refractivity contribution in [2.24, 2.45) is 0 Å². The summed E-state index contributed by atoms with van der Waals surface area (Å²) in [7, 11) is 0. The minimum absolute atomic E-state index is 0.972. The van der Waals surface area contributed by atoms with E-state index in [9.17, 15) is 0 Å². The van der Waals surface area contributed by atoms with E-state index in [0.717, 1.165) is 6.92 Å². The molecule has 3 nitrogen and oxygen atoms in total. The van der Waals surface area contributed by atoms with Crippen molar-refractivity contribution in [1.29, 1.82) is 0 Å². The van der Waals surface area contributed by atoms with Crippen LogP contribution in [0.5, 0.6) is 0 Å². The minimum atomic E-state index is -1.08. The van der Waals surface area contributed by atoms with Crippen LogP contribution in [-0.2, 0) is 4.79 Å². The number of carbonyl (C=O) groups is 1. The monoisotopic (exact) mass is 357 g/mol. The molecule has 25 heavy (non-hydrogen) atoms. The molecule has 0 amide bonds. The first-order valence-corrected chi connectivity index (χ1v) is 11.0. The Kier molecular flexibility index (Phi) is 21.1. The Labute approximate surface area is 158 Å². The van der Waals surface area contributed by atoms with Gasteiger partial charge in [-0.2, -0.15) is 0 Å². The van der Waals surface area contributed by atoms with Crippen molar-refractivity contribution in [2.45, 2.75) is 112 Å². The van der Waals surface area contributed by atoms with Crippen LogP contribution >= 0.6 is 0 Å². The molecule has 0 fully saturated rings. The third-order valence-electron chi connectivity index (χ3n) is 4.94. The molecule has 0 rings (SSSR count). The van der Waals surface area contributed by atoms with Crippen molar-refractivity contribution in [2.75, 3.05) is 26.2 Å². The molecule has 0 aliphatic heterocycles. The minimum Gasteiger partial charge on any atom is -0.550 e. The molecule has 0 aliphatic rings. The average molecular weight is 358 g/mol. The van der Waals surface area contributed by atoms with E-state index in [2.05, 4.69) is 27.7 Å². The van der Waals surface area contributed by atoms with Crippen LogP contribution < -0.4 is 5.11 Å². The predicted octanol–water partition coefficient (Wildman–Crippen LogP) is 5.32. The van der Waals surface area contributed by atoms with E-state index in [4.69, 9.17) is 9.90 Å². The van der Waals surface area contributed by atoms with Crippen molar-refractivity contribution in [3.05, 3.63) is 0 Å². The summed E-state index contributed by atoms with van der Waals surface area (Å²) in [5, 5.41) is 8.89. The largest absolute Gasteiger partial charge is 0.550 e. The standard InChI is InChI=1S/C20H44N.C2H4O2/c1-5-9-13-17-21(18-14-10-6-2,19-15-11-7-3)20-16-12-8-4;1-2(3)4/h5-20H2,1-4H3;1H3,(H,3,4)/q+1;/p-1. The van der Waals surface area contributed by atoms with Gasteiger partial charge in [0.25, 0.3) is 0 Å². The lowest BCUT2D eigenvalue weighted by molar-refractivity contribution is -0.929. The Morgan fingerprint density at radius 2 is 0.800 bits per heavy atom. The highest BCUT2D eigenvalue weighted by Gasteiger charge is 2.25. The summed E-state index contributed by atoms with van der Waals surface area (Å²) < 4.78 is 1.44. The van der Waals surface area contributed by atoms with Gasteiger partial charge in [-0.25, -0.2) is 0 Å². The van der Waals surface area contributed by atoms with Gasteiger partial charge in [-0.15, -0.1) is 0 Å². The zero-order valence-electron chi connectivity index (χ0n) is 18.1. The van der Waals surface area contributed by atoms with Gasteiger partial charge >= 0.3 is 0 Å². The van der Waals surface area contributed by atoms with Crippen molar-refractivity contribution < 1.29 is 14.4 Å². The third kappa shape index (κ3) is 19.6. The fourth-order valence-electron chi connectivity index (χ4n) is 3.46. The van der Waals surface area contributed by atoms with Crippen molar-refractivity contribution in [3.8, 4) is 0 Å². The molecule has 0 unspecified atom stereocenters. The first kappa shape index (κ1) is 26.7. The van der Waals surface area contributed by atoms with Crippen LogP contribution in [0.4, 0.5) is 0 Å². The van der Waals surface area contributed by atoms with E-state index in [1.807, 2.05) is 0 Å². The number of carboxylic acids is 1. The smallest absolute Gasteiger partial charge is 0.0786 e. The highest BCUT2D eigenvalue weighted by atomic mass is 16.4. The van der Waals surface area contributed by atoms with Gasteiger partial charge in [0, 0.05) is 5.97 Å². The van der Waals surface area contributed by atoms with Gasteiger partial charge in [-0.3, -0.25) is 0 Å². The molecule has 0 heterocycles. The molecule has 3 heteroatoms. The molecule has 152 valence electrons. The van der Waals surface area contributed by atoms with E-state index >= 15 is 0 Å². The summed E-state index contributed by atoms with van der Waals surface area (Å²) in [4.78, 5) is 8.89. The Bertz CT molecular complexity index is 230. The quantitative estimate of drug-likeness (QED) is 0.277. The van der Waals surface area contributed by atoms with Crippen LogP contribution in [0.25, 0.3) is 0 Å². The van der Waals surface area contributed by atoms with Crippen LogP contribution in [0.3, 0.4) is 0 Å². The number of rotatable bonds is 16. The van der Waals surface area contributed by atoms with Gasteiger partial charge in [0.2, 0.25) is 0 Å². The van der Waals surface area contributed by atoms with Gasteiger partial charge in [-0.05, 0) is 58.3 Å². The van der Waals surface area contributed by atoms with Gasteiger partial charge in [-0.1, -0.05) is 53.4 Å². The summed E-state index contributed by atoms with van der Waals surface area (Å²) in [5.41, 5.74) is 0. The molecular weight excluding hydrogens is 310 g/mol. The number of nitrogens with zero attached hydrogens (tertiary/aromatic N) is 1. The van der Waals surface area contributed by atoms with E-state index in [1.54, 1.807) is 0 Å². The second-order valence-corrected chi connectivity index (χ2v) is 7.56. The first-order chi connectivity index (χ1) is 12.0. The maximum Gasteiger partial charge on any atom is 0.0786 e. The fraction of sp³-hybridized carbons (Fsp3) is 0.955. The van der Waals surface area contributed by atoms with Crippen LogP contribution in [-0.4, -0.2) is 36.6 Å². The van der Waals surface area contributed by atoms with Gasteiger partial charge in [0.1, 0.15) is 0 Å². The second-order valence-electron chi connectivity index (χ2n) is 7.56. The number of quaternary nitrogens is 1. The van der Waals surface area contributed by atoms with Crippen molar-refractivity contribution in [3.63, 3.8) is 0 Å². The molecule has 0 saturated heterocycles. The van der Waals surface area contributed by atoms with E-state index in [1.165, 1.54) is 108 Å². The van der Waals surface area contributed by atoms with Gasteiger partial charge < -0.3 is 14.4 Å². The highest BCUT2D eigenvalue weighted by Crippen LogP contribution is 2.18. The number of hydrogen-bond acceptors (Lipinski definition) is 2. The zero-order chi connectivity index (χ0) is 19.4. The molecule has 0 aromatic rings. The molecule has 0 saturated carbocycles. The molecular formula is C22H47NO2. The Morgan fingerprint density at radius 1 is 0.600 bits per heavy atom. The first-order valence-electron chi connectivity index (χ1n) is 11.0. The van der Waals surface area contributed by atoms with Crippen LogP contribution in [0, 0.1) is 0 Å². The number of carboxylic acid groups (broad SMARTS) is 1. The molecule has 0 N–H and O–H groups in total. The van der Waals surface area contributed by atoms with E-state index in [0.29, 0.717) is 0 Å². The topological polar surface area (TPSA) is 40.1 Å². The Morgan fingerprint density at radius 3 is 0.960 bits per heavy atom. The summed E-state index contributed by atoms with van der Waals surface area (Å²) >= 11 is 0. The SMILES string of the molecule is CC(=O)[O-].CCCCC[N+](CCCCC)(CCCCC)CCCCC. The molecule has 0 aliphatic carbocycles. The normalized spacial score (nSPS) is 11.1. The lowest BCUT2D eigenvalue weighted by atomic mass is 10.1. The van der Waals surface area contributed by atoms with Crippen molar-refractivity contribution >= 4 is 5.97 Å². The fourth-order valence-corrected chi connectivity index (χ4v) is 3.46. The van der Waals surface area contributed by atoms with Crippen LogP contribution in [0.2, 0.25) is 0 Å². The van der Waals surface area contributed by atoms with Gasteiger partial charge in [0.05, 0.1) is 26.2 Å². The van der Waals surface area contributed by atoms with Crippen LogP contribution in [0.15, 0.2) is 0 Å². The van der Waals surface area contributed by atoms with E-state index < -0.39 is 5.97 Å². The lowest BCUT2D eigenvalue weighted by Gasteiger charge is -2.39. The zero-order valence-corrected chi connectivity index (χ0v) is 18.1. The molecule has 0 bridgehead atoms. The molecule has 0 aromatic heterocycles. The summed E-state index contributed by atoms with van der Waals surface area (Å²) in [6.07, 6.45) is 16.9. The van der Waals surface area contributed by atoms with Crippen molar-refractivity contribution in [1.82, 2.24) is 0 Å². The summed E-state index contributed by atoms with van der Waals surface area (Å²) in [5.74, 6) is -1.08. The maximum absolute atomic E-state index is 8.89. The van der Waals surface area contributed by atoms with Crippen LogP contribution in [0.1, 0.15) is 112 Å². The predicted molar refractivity (Wildman–Crippen MR) is 109 cm³/mol. The Balaban J connectivity index is 0. The third-order valence-corrected chi connectivity index (χ3v) is 4.94. The number of aliphatic carboxylic acids is 1. The molecule has 0 aromatic carbocycles. The maximum atomic E-state index is 8.89. The Hall–Kier alpha value is -0.570. The number of unbranched alkanes of at least 4 members (excludes halogenated alkanes) is 8. The summed E-state index contributed by atoms with van der Waals surface area (Å²) in [6, 6.07) is 0. The molecule has 0 atom stereocenters. The average Bonchev–Trinajstić information content (AvgIpc) is 2.55. The second kappa shape index (κ2) is 19.8. The van der Waals surface area contributed by atoms with E-state index in [-0.39, 0.29) is 0 Å². The highest BCUT2D eigenvalue weighted by molar-refractivity contribution is 5.60. The summed E-state index contributed by atoms with van der Waals surface area (Å²) in [6.45, 7) is 16.1. The van der Waals surface area contributed by atoms with Gasteiger partial charge in [0.15, 0.2) is 0 Å². The lowest BCUT2D eigenvalue weighted by Crippen LogP contribution is -2.50. The molecule has 0 spiro atoms. The number of carbonyl (C=O) groups excluding carboxylic acids is 1.